The summed E-state index contributed by atoms with van der Waals surface area (Å²) >= 11 is 0. The summed E-state index contributed by atoms with van der Waals surface area (Å²) in [7, 11) is 0. The van der Waals surface area contributed by atoms with Gasteiger partial charge in [-0.3, -0.25) is 4.79 Å². The molecule has 2 atom stereocenters. The maximum Gasteiger partial charge on any atom is 0.240 e. The van der Waals surface area contributed by atoms with Gasteiger partial charge in [-0.2, -0.15) is 0 Å². The molecule has 7 nitrogen and oxygen atoms in total. The lowest BCUT2D eigenvalue weighted by Gasteiger charge is -2.14. The van der Waals surface area contributed by atoms with Gasteiger partial charge in [0.1, 0.15) is 6.54 Å². The van der Waals surface area contributed by atoms with Crippen LogP contribution in [0.25, 0.3) is 11.0 Å². The quantitative estimate of drug-likeness (QED) is 0.707. The van der Waals surface area contributed by atoms with E-state index in [1.54, 1.807) is 6.92 Å². The third-order valence-corrected chi connectivity index (χ3v) is 4.06. The Labute approximate surface area is 141 Å². The lowest BCUT2D eigenvalue weighted by atomic mass is 10.2. The van der Waals surface area contributed by atoms with Crippen LogP contribution in [0.1, 0.15) is 19.8 Å². The Balaban J connectivity index is 1.70. The number of para-hydroxylation sites is 2. The number of carbonyl (C=O) groups excluding carboxylic acids is 1. The predicted octanol–water partition coefficient (Wildman–Crippen LogP) is 1.12. The maximum absolute atomic E-state index is 12.3. The van der Waals surface area contributed by atoms with Crippen LogP contribution < -0.4 is 10.6 Å². The van der Waals surface area contributed by atoms with E-state index < -0.39 is 6.10 Å². The molecule has 1 fully saturated rings. The molecule has 2 aromatic rings. The molecule has 1 saturated heterocycles. The van der Waals surface area contributed by atoms with E-state index >= 15 is 0 Å². The first-order valence-electron chi connectivity index (χ1n) is 8.39. The molecule has 3 N–H and O–H groups in total. The fourth-order valence-electron chi connectivity index (χ4n) is 2.84. The smallest absolute Gasteiger partial charge is 0.240 e. The van der Waals surface area contributed by atoms with Crippen molar-refractivity contribution in [2.24, 2.45) is 0 Å². The zero-order chi connectivity index (χ0) is 16.9. The molecule has 1 aliphatic rings. The van der Waals surface area contributed by atoms with Crippen molar-refractivity contribution < 1.29 is 14.6 Å². The van der Waals surface area contributed by atoms with E-state index in [1.807, 2.05) is 28.8 Å². The van der Waals surface area contributed by atoms with E-state index in [1.165, 1.54) is 0 Å². The Morgan fingerprint density at radius 3 is 3.08 bits per heavy atom. The second kappa shape index (κ2) is 7.63. The first kappa shape index (κ1) is 16.7. The minimum Gasteiger partial charge on any atom is -0.392 e. The maximum atomic E-state index is 12.3. The summed E-state index contributed by atoms with van der Waals surface area (Å²) in [6.07, 6.45) is 1.68. The lowest BCUT2D eigenvalue weighted by molar-refractivity contribution is -0.122. The molecule has 7 heteroatoms. The summed E-state index contributed by atoms with van der Waals surface area (Å²) in [4.78, 5) is 16.8. The number of hydrogen-bond donors (Lipinski definition) is 3. The minimum absolute atomic E-state index is 0.0752. The molecule has 1 amide bonds. The van der Waals surface area contributed by atoms with Gasteiger partial charge in [0.05, 0.1) is 23.2 Å². The van der Waals surface area contributed by atoms with Crippen molar-refractivity contribution in [3.8, 4) is 0 Å². The summed E-state index contributed by atoms with van der Waals surface area (Å²) in [5, 5.41) is 15.5. The summed E-state index contributed by atoms with van der Waals surface area (Å²) in [5.41, 5.74) is 1.70. The number of hydrogen-bond acceptors (Lipinski definition) is 5. The molecular weight excluding hydrogens is 308 g/mol. The average Bonchev–Trinajstić information content (AvgIpc) is 3.19. The van der Waals surface area contributed by atoms with E-state index in [4.69, 9.17) is 4.74 Å². The number of carbonyl (C=O) groups is 1. The topological polar surface area (TPSA) is 88.4 Å². The fraction of sp³-hybridized carbons (Fsp3) is 0.529. The molecule has 0 aliphatic carbocycles. The minimum atomic E-state index is -0.494. The third-order valence-electron chi connectivity index (χ3n) is 4.06. The number of nitrogens with zero attached hydrogens (tertiary/aromatic N) is 2. The largest absolute Gasteiger partial charge is 0.392 e. The van der Waals surface area contributed by atoms with Gasteiger partial charge in [0.25, 0.3) is 0 Å². The van der Waals surface area contributed by atoms with Crippen LogP contribution in [0.3, 0.4) is 0 Å². The Morgan fingerprint density at radius 1 is 1.50 bits per heavy atom. The standard InChI is InChI=1S/C17H24N4O3/c1-12(22)9-19-17-20-14-6-2-3-7-15(14)21(17)11-16(23)18-10-13-5-4-8-24-13/h2-3,6-7,12-13,22H,4-5,8-11H2,1H3,(H,18,23)(H,19,20). The number of anilines is 1. The van der Waals surface area contributed by atoms with Gasteiger partial charge in [0.2, 0.25) is 11.9 Å². The van der Waals surface area contributed by atoms with Crippen molar-refractivity contribution in [2.75, 3.05) is 25.0 Å². The monoisotopic (exact) mass is 332 g/mol. The van der Waals surface area contributed by atoms with Gasteiger partial charge in [-0.25, -0.2) is 4.98 Å². The lowest BCUT2D eigenvalue weighted by Crippen LogP contribution is -2.34. The van der Waals surface area contributed by atoms with Crippen molar-refractivity contribution in [2.45, 2.75) is 38.5 Å². The summed E-state index contributed by atoms with van der Waals surface area (Å²) in [5.74, 6) is 0.512. The number of aliphatic hydroxyl groups is 1. The van der Waals surface area contributed by atoms with Crippen LogP contribution in [0.2, 0.25) is 0 Å². The number of imidazole rings is 1. The second-order valence-corrected chi connectivity index (χ2v) is 6.18. The number of aliphatic hydroxyl groups excluding tert-OH is 1. The number of benzene rings is 1. The molecule has 0 bridgehead atoms. The van der Waals surface area contributed by atoms with Crippen LogP contribution >= 0.6 is 0 Å². The molecule has 130 valence electrons. The van der Waals surface area contributed by atoms with Crippen molar-refractivity contribution in [3.05, 3.63) is 24.3 Å². The summed E-state index contributed by atoms with van der Waals surface area (Å²) in [6, 6.07) is 7.67. The molecule has 1 aromatic heterocycles. The van der Waals surface area contributed by atoms with Crippen molar-refractivity contribution in [1.82, 2.24) is 14.9 Å². The van der Waals surface area contributed by atoms with Crippen LogP contribution in [0, 0.1) is 0 Å². The van der Waals surface area contributed by atoms with Gasteiger partial charge in [0.15, 0.2) is 0 Å². The SMILES string of the molecule is CC(O)CNc1nc2ccccc2n1CC(=O)NCC1CCCO1. The fourth-order valence-corrected chi connectivity index (χ4v) is 2.84. The van der Waals surface area contributed by atoms with Gasteiger partial charge in [-0.1, -0.05) is 12.1 Å². The molecule has 1 aliphatic heterocycles. The molecule has 2 heterocycles. The predicted molar refractivity (Wildman–Crippen MR) is 91.9 cm³/mol. The molecule has 0 radical (unpaired) electrons. The van der Waals surface area contributed by atoms with Crippen LogP contribution in [0.5, 0.6) is 0 Å². The number of aromatic nitrogens is 2. The zero-order valence-corrected chi connectivity index (χ0v) is 13.9. The molecular formula is C17H24N4O3. The number of rotatable bonds is 7. The Kier molecular flexibility index (Phi) is 5.32. The molecule has 0 spiro atoms. The highest BCUT2D eigenvalue weighted by atomic mass is 16.5. The molecule has 24 heavy (non-hydrogen) atoms. The highest BCUT2D eigenvalue weighted by molar-refractivity contribution is 5.83. The van der Waals surface area contributed by atoms with E-state index in [0.717, 1.165) is 30.5 Å². The molecule has 3 rings (SSSR count). The van der Waals surface area contributed by atoms with Gasteiger partial charge in [-0.05, 0) is 31.9 Å². The Bertz CT molecular complexity index is 692. The number of amides is 1. The Hall–Kier alpha value is -2.12. The van der Waals surface area contributed by atoms with Crippen LogP contribution in [-0.4, -0.2) is 52.5 Å². The first-order chi connectivity index (χ1) is 11.6. The normalized spacial score (nSPS) is 18.7. The van der Waals surface area contributed by atoms with E-state index in [0.29, 0.717) is 19.0 Å². The number of nitrogens with one attached hydrogen (secondary N) is 2. The van der Waals surface area contributed by atoms with Crippen molar-refractivity contribution in [3.63, 3.8) is 0 Å². The number of fused-ring (bicyclic) bond motifs is 1. The van der Waals surface area contributed by atoms with Crippen LogP contribution in [0.15, 0.2) is 24.3 Å². The highest BCUT2D eigenvalue weighted by Crippen LogP contribution is 2.19. The van der Waals surface area contributed by atoms with Crippen LogP contribution in [-0.2, 0) is 16.1 Å². The number of ether oxygens (including phenoxy) is 1. The van der Waals surface area contributed by atoms with E-state index in [-0.39, 0.29) is 18.6 Å². The van der Waals surface area contributed by atoms with Crippen LogP contribution in [0.4, 0.5) is 5.95 Å². The van der Waals surface area contributed by atoms with Gasteiger partial charge < -0.3 is 25.0 Å². The van der Waals surface area contributed by atoms with Gasteiger partial charge in [0, 0.05) is 19.7 Å². The average molecular weight is 332 g/mol. The van der Waals surface area contributed by atoms with E-state index in [2.05, 4.69) is 15.6 Å². The summed E-state index contributed by atoms with van der Waals surface area (Å²) in [6.45, 7) is 3.58. The third kappa shape index (κ3) is 4.04. The molecule has 1 aromatic carbocycles. The zero-order valence-electron chi connectivity index (χ0n) is 13.9. The van der Waals surface area contributed by atoms with Crippen molar-refractivity contribution >= 4 is 22.9 Å². The second-order valence-electron chi connectivity index (χ2n) is 6.18. The molecule has 0 saturated carbocycles. The van der Waals surface area contributed by atoms with E-state index in [9.17, 15) is 9.90 Å². The van der Waals surface area contributed by atoms with Crippen molar-refractivity contribution in [1.29, 1.82) is 0 Å². The summed E-state index contributed by atoms with van der Waals surface area (Å²) < 4.78 is 7.36. The molecule has 2 unspecified atom stereocenters. The van der Waals surface area contributed by atoms with Gasteiger partial charge in [-0.15, -0.1) is 0 Å². The Morgan fingerprint density at radius 2 is 2.33 bits per heavy atom. The van der Waals surface area contributed by atoms with Gasteiger partial charge >= 0.3 is 0 Å². The first-order valence-corrected chi connectivity index (χ1v) is 8.39. The highest BCUT2D eigenvalue weighted by Gasteiger charge is 2.18.